The first-order valence-electron chi connectivity index (χ1n) is 10.0. The molecule has 122 valence electrons. The topological polar surface area (TPSA) is 3.24 Å². The zero-order valence-corrected chi connectivity index (χ0v) is 14.5. The molecule has 3 aliphatic rings. The van der Waals surface area contributed by atoms with Crippen molar-refractivity contribution in [2.45, 2.75) is 90.0 Å². The van der Waals surface area contributed by atoms with Crippen LogP contribution in [0, 0.1) is 23.7 Å². The van der Waals surface area contributed by atoms with Crippen LogP contribution in [0.5, 0.6) is 0 Å². The summed E-state index contributed by atoms with van der Waals surface area (Å²) in [7, 11) is 2.43. The highest BCUT2D eigenvalue weighted by atomic mass is 15.1. The second-order valence-corrected chi connectivity index (χ2v) is 8.31. The summed E-state index contributed by atoms with van der Waals surface area (Å²) in [6.45, 7) is 3.77. The molecule has 0 aromatic rings. The van der Waals surface area contributed by atoms with E-state index in [1.807, 2.05) is 0 Å². The molecular weight excluding hydrogens is 254 g/mol. The van der Waals surface area contributed by atoms with Gasteiger partial charge in [0.25, 0.3) is 0 Å². The normalized spacial score (nSPS) is 42.3. The average molecular weight is 292 g/mol. The van der Waals surface area contributed by atoms with E-state index in [1.54, 1.807) is 12.8 Å². The van der Waals surface area contributed by atoms with Crippen LogP contribution in [-0.2, 0) is 0 Å². The van der Waals surface area contributed by atoms with Gasteiger partial charge in [0.15, 0.2) is 0 Å². The molecule has 5 unspecified atom stereocenters. The van der Waals surface area contributed by atoms with Gasteiger partial charge in [-0.15, -0.1) is 0 Å². The maximum absolute atomic E-state index is 2.77. The molecule has 0 aromatic carbocycles. The summed E-state index contributed by atoms with van der Waals surface area (Å²) in [4.78, 5) is 2.77. The van der Waals surface area contributed by atoms with Crippen LogP contribution in [0.25, 0.3) is 0 Å². The van der Waals surface area contributed by atoms with Crippen LogP contribution in [-0.4, -0.2) is 24.5 Å². The van der Waals surface area contributed by atoms with Gasteiger partial charge in [-0.2, -0.15) is 0 Å². The van der Waals surface area contributed by atoms with Crippen LogP contribution in [0.1, 0.15) is 84.0 Å². The SMILES string of the molecule is CCCC1C2CC2CCCCC1C1CCCCCCN1C. The molecule has 1 heterocycles. The van der Waals surface area contributed by atoms with Crippen molar-refractivity contribution < 1.29 is 0 Å². The maximum atomic E-state index is 2.77. The van der Waals surface area contributed by atoms with Gasteiger partial charge in [-0.3, -0.25) is 0 Å². The van der Waals surface area contributed by atoms with Gasteiger partial charge in [-0.25, -0.2) is 0 Å². The molecule has 1 nitrogen and oxygen atoms in total. The van der Waals surface area contributed by atoms with Crippen molar-refractivity contribution in [2.75, 3.05) is 13.6 Å². The minimum Gasteiger partial charge on any atom is -0.303 e. The van der Waals surface area contributed by atoms with Gasteiger partial charge in [-0.05, 0) is 62.9 Å². The van der Waals surface area contributed by atoms with E-state index in [4.69, 9.17) is 0 Å². The lowest BCUT2D eigenvalue weighted by Gasteiger charge is -2.41. The first-order valence-corrected chi connectivity index (χ1v) is 10.0. The summed E-state index contributed by atoms with van der Waals surface area (Å²) in [5.41, 5.74) is 0. The molecule has 0 spiro atoms. The van der Waals surface area contributed by atoms with Crippen molar-refractivity contribution in [2.24, 2.45) is 23.7 Å². The summed E-state index contributed by atoms with van der Waals surface area (Å²) in [5, 5.41) is 0. The molecular formula is C20H37N. The maximum Gasteiger partial charge on any atom is 0.0123 e. The number of rotatable bonds is 3. The highest BCUT2D eigenvalue weighted by Crippen LogP contribution is 2.54. The summed E-state index contributed by atoms with van der Waals surface area (Å²) >= 11 is 0. The molecule has 0 N–H and O–H groups in total. The van der Waals surface area contributed by atoms with Crippen molar-refractivity contribution in [1.82, 2.24) is 4.90 Å². The van der Waals surface area contributed by atoms with Gasteiger partial charge < -0.3 is 4.90 Å². The molecule has 3 fully saturated rings. The van der Waals surface area contributed by atoms with E-state index >= 15 is 0 Å². The molecule has 0 aromatic heterocycles. The summed E-state index contributed by atoms with van der Waals surface area (Å²) in [6.07, 6.45) is 18.0. The molecule has 2 saturated carbocycles. The van der Waals surface area contributed by atoms with Gasteiger partial charge in [0.05, 0.1) is 0 Å². The van der Waals surface area contributed by atoms with Crippen LogP contribution in [0.4, 0.5) is 0 Å². The van der Waals surface area contributed by atoms with Crippen LogP contribution in [0.2, 0.25) is 0 Å². The lowest BCUT2D eigenvalue weighted by Crippen LogP contribution is -2.43. The van der Waals surface area contributed by atoms with Crippen molar-refractivity contribution >= 4 is 0 Å². The Hall–Kier alpha value is -0.0400. The molecule has 1 aliphatic heterocycles. The third kappa shape index (κ3) is 3.84. The average Bonchev–Trinajstić information content (AvgIpc) is 3.20. The molecule has 21 heavy (non-hydrogen) atoms. The lowest BCUT2D eigenvalue weighted by atomic mass is 9.73. The lowest BCUT2D eigenvalue weighted by molar-refractivity contribution is 0.0821. The van der Waals surface area contributed by atoms with E-state index in [1.165, 1.54) is 70.8 Å². The first kappa shape index (κ1) is 15.8. The molecule has 0 radical (unpaired) electrons. The third-order valence-corrected chi connectivity index (χ3v) is 6.88. The number of nitrogens with zero attached hydrogens (tertiary/aromatic N) is 1. The second-order valence-electron chi connectivity index (χ2n) is 8.31. The largest absolute Gasteiger partial charge is 0.303 e. The van der Waals surface area contributed by atoms with E-state index < -0.39 is 0 Å². The monoisotopic (exact) mass is 291 g/mol. The van der Waals surface area contributed by atoms with Crippen molar-refractivity contribution in [3.05, 3.63) is 0 Å². The molecule has 2 aliphatic carbocycles. The quantitative estimate of drug-likeness (QED) is 0.664. The van der Waals surface area contributed by atoms with Crippen LogP contribution in [0.15, 0.2) is 0 Å². The van der Waals surface area contributed by atoms with E-state index in [9.17, 15) is 0 Å². The van der Waals surface area contributed by atoms with E-state index in [2.05, 4.69) is 18.9 Å². The Morgan fingerprint density at radius 1 is 0.857 bits per heavy atom. The van der Waals surface area contributed by atoms with Gasteiger partial charge in [0.1, 0.15) is 0 Å². The summed E-state index contributed by atoms with van der Waals surface area (Å²) in [5.74, 6) is 4.33. The fourth-order valence-corrected chi connectivity index (χ4v) is 5.68. The van der Waals surface area contributed by atoms with E-state index in [0.717, 1.165) is 29.7 Å². The predicted molar refractivity (Wildman–Crippen MR) is 91.5 cm³/mol. The Morgan fingerprint density at radius 2 is 1.62 bits per heavy atom. The zero-order chi connectivity index (χ0) is 14.7. The van der Waals surface area contributed by atoms with Crippen LogP contribution < -0.4 is 0 Å². The molecule has 0 amide bonds. The predicted octanol–water partition coefficient (Wildman–Crippen LogP) is 5.49. The number of hydrogen-bond acceptors (Lipinski definition) is 1. The number of hydrogen-bond donors (Lipinski definition) is 0. The van der Waals surface area contributed by atoms with E-state index in [0.29, 0.717) is 0 Å². The van der Waals surface area contributed by atoms with Crippen molar-refractivity contribution in [1.29, 1.82) is 0 Å². The van der Waals surface area contributed by atoms with E-state index in [-0.39, 0.29) is 0 Å². The molecule has 1 heteroatoms. The van der Waals surface area contributed by atoms with Gasteiger partial charge in [0, 0.05) is 6.04 Å². The van der Waals surface area contributed by atoms with Crippen molar-refractivity contribution in [3.63, 3.8) is 0 Å². The fraction of sp³-hybridized carbons (Fsp3) is 1.00. The number of fused-ring (bicyclic) bond motifs is 1. The second kappa shape index (κ2) is 7.49. The minimum atomic E-state index is 0.904. The highest BCUT2D eigenvalue weighted by Gasteiger charge is 2.47. The number of likely N-dealkylation sites (tertiary alicyclic amines) is 1. The molecule has 1 saturated heterocycles. The van der Waals surface area contributed by atoms with Crippen LogP contribution in [0.3, 0.4) is 0 Å². The van der Waals surface area contributed by atoms with Crippen molar-refractivity contribution in [3.8, 4) is 0 Å². The molecule has 0 bridgehead atoms. The fourth-order valence-electron chi connectivity index (χ4n) is 5.68. The Balaban J connectivity index is 1.73. The Bertz CT molecular complexity index is 313. The summed E-state index contributed by atoms with van der Waals surface area (Å²) < 4.78 is 0. The summed E-state index contributed by atoms with van der Waals surface area (Å²) in [6, 6.07) is 0.904. The van der Waals surface area contributed by atoms with Gasteiger partial charge in [-0.1, -0.05) is 58.3 Å². The Morgan fingerprint density at radius 3 is 2.48 bits per heavy atom. The molecule has 3 rings (SSSR count). The minimum absolute atomic E-state index is 0.904. The molecule has 5 atom stereocenters. The highest BCUT2D eigenvalue weighted by molar-refractivity contribution is 4.98. The standard InChI is InChI=1S/C20H37N/c1-3-10-17-18(12-8-7-11-16-15-19(16)17)20-13-6-4-5-9-14-21(20)2/h16-20H,3-15H2,1-2H3. The van der Waals surface area contributed by atoms with Gasteiger partial charge in [0.2, 0.25) is 0 Å². The first-order chi connectivity index (χ1) is 10.3. The van der Waals surface area contributed by atoms with Crippen LogP contribution >= 0.6 is 0 Å². The smallest absolute Gasteiger partial charge is 0.0123 e. The van der Waals surface area contributed by atoms with Gasteiger partial charge >= 0.3 is 0 Å². The third-order valence-electron chi connectivity index (χ3n) is 6.88. The zero-order valence-electron chi connectivity index (χ0n) is 14.5. The Labute approximate surface area is 132 Å². The Kier molecular flexibility index (Phi) is 5.65.